The topological polar surface area (TPSA) is 197 Å². The van der Waals surface area contributed by atoms with Crippen LogP contribution in [0.5, 0.6) is 0 Å². The summed E-state index contributed by atoms with van der Waals surface area (Å²) in [5.41, 5.74) is 1.77. The minimum Gasteiger partial charge on any atom is -0.374 e. The highest BCUT2D eigenvalue weighted by Gasteiger charge is 2.40. The summed E-state index contributed by atoms with van der Waals surface area (Å²) in [7, 11) is 0. The molecule has 1 aliphatic carbocycles. The number of halogens is 2. The largest absolute Gasteiger partial charge is 0.374 e. The van der Waals surface area contributed by atoms with Crippen LogP contribution in [0.2, 0.25) is 0 Å². The molecular weight excluding hydrogens is 843 g/mol. The number of morpholine rings is 1. The number of hydrogen-bond acceptors (Lipinski definition) is 13. The zero-order chi connectivity index (χ0) is 44.3. The fraction of sp³-hybridized carbons (Fsp3) is 0.467. The quantitative estimate of drug-likeness (QED) is 0.149. The lowest BCUT2D eigenvalue weighted by molar-refractivity contribution is -0.134. The molecule has 20 heteroatoms. The second-order valence-electron chi connectivity index (χ2n) is 18.0. The molecule has 4 saturated heterocycles. The highest BCUT2D eigenvalue weighted by atomic mass is 19.3. The summed E-state index contributed by atoms with van der Waals surface area (Å²) in [6.07, 6.45) is 6.94. The molecule has 0 spiro atoms. The molecule has 5 fully saturated rings. The first kappa shape index (κ1) is 41.3. The van der Waals surface area contributed by atoms with Gasteiger partial charge in [-0.05, 0) is 79.5 Å². The lowest BCUT2D eigenvalue weighted by Gasteiger charge is -2.38. The lowest BCUT2D eigenvalue weighted by Crippen LogP contribution is -2.49. The highest BCUT2D eigenvalue weighted by molar-refractivity contribution is 6.11. The van der Waals surface area contributed by atoms with Crippen molar-refractivity contribution in [3.8, 4) is 0 Å². The second kappa shape index (κ2) is 16.9. The van der Waals surface area contributed by atoms with Crippen LogP contribution in [0.4, 0.5) is 26.0 Å². The summed E-state index contributed by atoms with van der Waals surface area (Å²) in [4.78, 5) is 62.6. The average Bonchev–Trinajstić information content (AvgIpc) is 4.16. The Morgan fingerprint density at radius 3 is 2.55 bits per heavy atom. The van der Waals surface area contributed by atoms with Crippen molar-refractivity contribution in [3.05, 3.63) is 71.9 Å². The van der Waals surface area contributed by atoms with Gasteiger partial charge in [-0.1, -0.05) is 17.3 Å². The van der Waals surface area contributed by atoms with Crippen molar-refractivity contribution in [2.24, 2.45) is 5.92 Å². The summed E-state index contributed by atoms with van der Waals surface area (Å²) >= 11 is 0. The normalized spacial score (nSPS) is 24.2. The smallest absolute Gasteiger partial charge is 0.284 e. The Labute approximate surface area is 370 Å². The molecule has 4 aliphatic heterocycles. The van der Waals surface area contributed by atoms with Crippen molar-refractivity contribution >= 4 is 68.2 Å². The maximum Gasteiger partial charge on any atom is 0.284 e. The zero-order valence-corrected chi connectivity index (χ0v) is 35.5. The van der Waals surface area contributed by atoms with Gasteiger partial charge in [0, 0.05) is 63.8 Å². The number of anilines is 3. The molecule has 338 valence electrons. The second-order valence-corrected chi connectivity index (χ2v) is 18.0. The number of imide groups is 1. The van der Waals surface area contributed by atoms with E-state index in [2.05, 4.69) is 46.0 Å². The minimum atomic E-state index is -2.87. The van der Waals surface area contributed by atoms with Gasteiger partial charge in [-0.15, -0.1) is 0 Å². The first-order chi connectivity index (χ1) is 31.6. The summed E-state index contributed by atoms with van der Waals surface area (Å²) in [5, 5.41) is 23.3. The van der Waals surface area contributed by atoms with Crippen LogP contribution in [0, 0.1) is 5.92 Å². The van der Waals surface area contributed by atoms with Crippen molar-refractivity contribution in [2.45, 2.75) is 75.5 Å². The van der Waals surface area contributed by atoms with Crippen molar-refractivity contribution in [2.75, 3.05) is 68.0 Å². The van der Waals surface area contributed by atoms with Gasteiger partial charge in [0.15, 0.2) is 16.9 Å². The molecule has 6 aromatic rings. The maximum atomic E-state index is 14.3. The molecule has 4 aromatic heterocycles. The standard InChI is InChI=1S/C45H48F2N12O6/c46-42(47)41-34(50-45(63)33-19-48-58-12-11-36(51-43(33)58)57-21-30-18-29(57)24-64-30)22-59(53-41)28-5-1-25(2-6-28)20-55-13-15-56(16-14-55)23-38(61)49-27-4-7-31-26(17-27)3-9-35-39(31)40(54-65-35)32-8-10-37(60)52-44(32)62/h3-4,7,9,11-12,17,19,22,25,28-30,32,42H,1-2,5-6,8,10,13-16,18,20-21,23-24H2,(H,49,61)(H,50,63)(H,52,60,62)/t25?,28?,29-,30-,32+/m1/s1. The molecule has 5 aliphatic rings. The Balaban J connectivity index is 0.655. The Morgan fingerprint density at radius 1 is 0.954 bits per heavy atom. The van der Waals surface area contributed by atoms with Gasteiger partial charge < -0.3 is 29.7 Å². The molecule has 2 aromatic carbocycles. The van der Waals surface area contributed by atoms with Gasteiger partial charge in [0.2, 0.25) is 17.7 Å². The van der Waals surface area contributed by atoms with Crippen LogP contribution in [0.15, 0.2) is 59.5 Å². The number of fused-ring (bicyclic) bond motifs is 6. The number of carbonyl (C=O) groups excluding carboxylic acids is 4. The number of carbonyl (C=O) groups is 4. The van der Waals surface area contributed by atoms with Gasteiger partial charge >= 0.3 is 0 Å². The first-order valence-corrected chi connectivity index (χ1v) is 22.4. The molecule has 65 heavy (non-hydrogen) atoms. The Morgan fingerprint density at radius 2 is 1.78 bits per heavy atom. The number of alkyl halides is 2. The number of aromatic nitrogens is 6. The monoisotopic (exact) mass is 890 g/mol. The number of nitrogens with zero attached hydrogens (tertiary/aromatic N) is 9. The van der Waals surface area contributed by atoms with E-state index < -0.39 is 23.9 Å². The molecule has 18 nitrogen and oxygen atoms in total. The number of rotatable bonds is 11. The predicted molar refractivity (Wildman–Crippen MR) is 233 cm³/mol. The van der Waals surface area contributed by atoms with Gasteiger partial charge in [-0.2, -0.15) is 10.2 Å². The number of piperazine rings is 1. The van der Waals surface area contributed by atoms with E-state index in [1.807, 2.05) is 30.3 Å². The summed E-state index contributed by atoms with van der Waals surface area (Å²) in [5.74, 6) is -0.759. The molecule has 1 saturated carbocycles. The SMILES string of the molecule is O=C1CC[C@@H](c2noc3ccc4cc(NC(=O)CN5CCN(CC6CCC(n7cc(NC(=O)c8cnn9ccc(N%10C[C@H]%11C[C@@H]%10CO%11)nc89)c(C(F)F)n7)CC6)CC5)ccc4c23)C(=O)N1. The van der Waals surface area contributed by atoms with Crippen molar-refractivity contribution in [1.29, 1.82) is 0 Å². The lowest BCUT2D eigenvalue weighted by atomic mass is 9.85. The molecule has 4 amide bonds. The molecule has 11 rings (SSSR count). The third kappa shape index (κ3) is 8.07. The van der Waals surface area contributed by atoms with Gasteiger partial charge in [0.25, 0.3) is 12.3 Å². The van der Waals surface area contributed by atoms with E-state index in [1.165, 1.54) is 16.9 Å². The fourth-order valence-corrected chi connectivity index (χ4v) is 10.5. The summed E-state index contributed by atoms with van der Waals surface area (Å²) < 4.78 is 43.0. The number of piperidine rings is 1. The van der Waals surface area contributed by atoms with Crippen LogP contribution in [-0.2, 0) is 19.1 Å². The van der Waals surface area contributed by atoms with Gasteiger partial charge in [-0.25, -0.2) is 18.3 Å². The Bertz CT molecular complexity index is 2830. The zero-order valence-electron chi connectivity index (χ0n) is 35.5. The molecule has 8 heterocycles. The molecule has 3 atom stereocenters. The van der Waals surface area contributed by atoms with Crippen molar-refractivity contribution in [1.82, 2.24) is 44.7 Å². The molecule has 0 unspecified atom stereocenters. The number of amides is 4. The van der Waals surface area contributed by atoms with Crippen LogP contribution in [0.1, 0.15) is 85.1 Å². The van der Waals surface area contributed by atoms with E-state index >= 15 is 0 Å². The number of nitrogens with one attached hydrogen (secondary N) is 3. The highest BCUT2D eigenvalue weighted by Crippen LogP contribution is 2.38. The molecule has 3 N–H and O–H groups in total. The fourth-order valence-electron chi connectivity index (χ4n) is 10.5. The summed E-state index contributed by atoms with van der Waals surface area (Å²) in [6.45, 7) is 5.76. The third-order valence-electron chi connectivity index (χ3n) is 13.9. The predicted octanol–water partition coefficient (Wildman–Crippen LogP) is 4.90. The van der Waals surface area contributed by atoms with Gasteiger partial charge in [0.05, 0.1) is 54.5 Å². The van der Waals surface area contributed by atoms with Crippen molar-refractivity contribution in [3.63, 3.8) is 0 Å². The van der Waals surface area contributed by atoms with E-state index in [9.17, 15) is 28.0 Å². The average molecular weight is 891 g/mol. The molecular formula is C45H48F2N12O6. The van der Waals surface area contributed by atoms with Crippen LogP contribution in [0.25, 0.3) is 27.4 Å². The van der Waals surface area contributed by atoms with Crippen molar-refractivity contribution < 1.29 is 37.2 Å². The first-order valence-electron chi connectivity index (χ1n) is 22.4. The molecule has 0 radical (unpaired) electrons. The van der Waals surface area contributed by atoms with E-state index in [-0.39, 0.29) is 60.1 Å². The number of benzene rings is 2. The maximum absolute atomic E-state index is 14.3. The van der Waals surface area contributed by atoms with E-state index in [0.717, 1.165) is 93.3 Å². The summed E-state index contributed by atoms with van der Waals surface area (Å²) in [6, 6.07) is 11.3. The van der Waals surface area contributed by atoms with E-state index in [4.69, 9.17) is 14.2 Å². The Hall–Kier alpha value is -6.38. The minimum absolute atomic E-state index is 0.0172. The number of ether oxygens (including phenoxy) is 1. The Kier molecular flexibility index (Phi) is 10.7. The van der Waals surface area contributed by atoms with Crippen LogP contribution in [0.3, 0.4) is 0 Å². The third-order valence-corrected chi connectivity index (χ3v) is 13.9. The van der Waals surface area contributed by atoms with E-state index in [0.29, 0.717) is 41.6 Å². The molecule has 2 bridgehead atoms. The van der Waals surface area contributed by atoms with Crippen LogP contribution < -0.4 is 20.9 Å². The van der Waals surface area contributed by atoms with Crippen LogP contribution in [-0.4, -0.2) is 128 Å². The van der Waals surface area contributed by atoms with Gasteiger partial charge in [0.1, 0.15) is 17.1 Å². The van der Waals surface area contributed by atoms with E-state index in [1.54, 1.807) is 16.9 Å². The van der Waals surface area contributed by atoms with Gasteiger partial charge in [-0.3, -0.25) is 34.1 Å². The number of hydrogen-bond donors (Lipinski definition) is 3. The van der Waals surface area contributed by atoms with Crippen LogP contribution >= 0.6 is 0 Å².